The second-order valence-corrected chi connectivity index (χ2v) is 4.00. The van der Waals surface area contributed by atoms with Crippen LogP contribution in [0.4, 0.5) is 0 Å². The molecule has 0 aliphatic carbocycles. The van der Waals surface area contributed by atoms with Crippen LogP contribution in [0.15, 0.2) is 12.1 Å². The molecule has 0 fully saturated rings. The van der Waals surface area contributed by atoms with Gasteiger partial charge in [0.25, 0.3) is 0 Å². The molecule has 0 spiro atoms. The molecule has 0 aliphatic rings. The lowest BCUT2D eigenvalue weighted by Crippen LogP contribution is -2.06. The largest absolute Gasteiger partial charge is 0.491 e. The number of aromatic nitrogens is 1. The number of pyridine rings is 1. The lowest BCUT2D eigenvalue weighted by atomic mass is 10.2. The van der Waals surface area contributed by atoms with Gasteiger partial charge in [-0.15, -0.1) is 11.6 Å². The molecular weight excluding hydrogens is 198 g/mol. The number of nitrogens with zero attached hydrogens (tertiary/aromatic N) is 1. The highest BCUT2D eigenvalue weighted by molar-refractivity contribution is 6.17. The van der Waals surface area contributed by atoms with E-state index in [1.54, 1.807) is 0 Å². The maximum atomic E-state index is 5.78. The summed E-state index contributed by atoms with van der Waals surface area (Å²) in [6.07, 6.45) is 0. The second kappa shape index (κ2) is 5.20. The summed E-state index contributed by atoms with van der Waals surface area (Å²) in [6, 6.07) is 3.87. The van der Waals surface area contributed by atoms with Crippen molar-refractivity contribution in [1.82, 2.24) is 4.98 Å². The highest BCUT2D eigenvalue weighted by Gasteiger charge is 2.05. The van der Waals surface area contributed by atoms with Crippen LogP contribution in [0.2, 0.25) is 0 Å². The minimum absolute atomic E-state index is 0.398. The Balaban J connectivity index is 2.75. The molecule has 0 saturated heterocycles. The van der Waals surface area contributed by atoms with Crippen LogP contribution < -0.4 is 4.74 Å². The van der Waals surface area contributed by atoms with Gasteiger partial charge in [-0.05, 0) is 25.0 Å². The Morgan fingerprint density at radius 2 is 2.14 bits per heavy atom. The maximum absolute atomic E-state index is 5.78. The first-order valence-electron chi connectivity index (χ1n) is 4.78. The van der Waals surface area contributed by atoms with E-state index in [0.717, 1.165) is 17.1 Å². The minimum Gasteiger partial charge on any atom is -0.491 e. The Morgan fingerprint density at radius 1 is 1.43 bits per heavy atom. The molecule has 1 rings (SSSR count). The smallest absolute Gasteiger partial charge is 0.142 e. The van der Waals surface area contributed by atoms with Crippen LogP contribution in [-0.4, -0.2) is 11.6 Å². The van der Waals surface area contributed by atoms with Gasteiger partial charge in [-0.2, -0.15) is 0 Å². The van der Waals surface area contributed by atoms with Crippen molar-refractivity contribution in [2.24, 2.45) is 5.92 Å². The summed E-state index contributed by atoms with van der Waals surface area (Å²) in [7, 11) is 0. The normalized spacial score (nSPS) is 10.6. The van der Waals surface area contributed by atoms with Gasteiger partial charge in [0.1, 0.15) is 5.75 Å². The molecule has 1 aromatic rings. The fraction of sp³-hybridized carbons (Fsp3) is 0.545. The first-order valence-corrected chi connectivity index (χ1v) is 5.32. The van der Waals surface area contributed by atoms with E-state index >= 15 is 0 Å². The predicted octanol–water partition coefficient (Wildman–Crippen LogP) is 3.16. The molecule has 0 radical (unpaired) electrons. The van der Waals surface area contributed by atoms with Crippen molar-refractivity contribution in [3.63, 3.8) is 0 Å². The van der Waals surface area contributed by atoms with Crippen LogP contribution >= 0.6 is 11.6 Å². The van der Waals surface area contributed by atoms with Gasteiger partial charge in [0.2, 0.25) is 0 Å². The van der Waals surface area contributed by atoms with E-state index in [9.17, 15) is 0 Å². The lowest BCUT2D eigenvalue weighted by molar-refractivity contribution is 0.268. The molecule has 0 amide bonds. The van der Waals surface area contributed by atoms with E-state index in [-0.39, 0.29) is 0 Å². The molecular formula is C11H16ClNO. The van der Waals surface area contributed by atoms with Crippen molar-refractivity contribution in [1.29, 1.82) is 0 Å². The first kappa shape index (κ1) is 11.3. The van der Waals surface area contributed by atoms with Crippen molar-refractivity contribution in [2.45, 2.75) is 26.7 Å². The van der Waals surface area contributed by atoms with E-state index in [4.69, 9.17) is 16.3 Å². The van der Waals surface area contributed by atoms with Crippen LogP contribution in [0.5, 0.6) is 5.75 Å². The summed E-state index contributed by atoms with van der Waals surface area (Å²) in [5, 5.41) is 0. The molecule has 0 aromatic carbocycles. The number of alkyl halides is 1. The molecule has 1 aromatic heterocycles. The Hall–Kier alpha value is -0.760. The van der Waals surface area contributed by atoms with Gasteiger partial charge < -0.3 is 4.74 Å². The third-order valence-corrected chi connectivity index (χ3v) is 2.02. The summed E-state index contributed by atoms with van der Waals surface area (Å²) in [5.41, 5.74) is 1.80. The van der Waals surface area contributed by atoms with E-state index in [1.165, 1.54) is 0 Å². The molecule has 78 valence electrons. The molecule has 0 unspecified atom stereocenters. The van der Waals surface area contributed by atoms with Gasteiger partial charge in [0.15, 0.2) is 0 Å². The zero-order valence-electron chi connectivity index (χ0n) is 8.88. The molecule has 1 heterocycles. The van der Waals surface area contributed by atoms with Gasteiger partial charge in [-0.25, -0.2) is 0 Å². The lowest BCUT2D eigenvalue weighted by Gasteiger charge is -2.11. The number of halogens is 1. The first-order chi connectivity index (χ1) is 6.63. The fourth-order valence-corrected chi connectivity index (χ4v) is 1.27. The molecule has 3 heteroatoms. The molecule has 0 saturated carbocycles. The fourth-order valence-electron chi connectivity index (χ4n) is 1.08. The van der Waals surface area contributed by atoms with Crippen LogP contribution in [0.1, 0.15) is 25.2 Å². The number of aryl methyl sites for hydroxylation is 1. The molecule has 14 heavy (non-hydrogen) atoms. The van der Waals surface area contributed by atoms with Gasteiger partial charge in [-0.1, -0.05) is 13.8 Å². The zero-order chi connectivity index (χ0) is 10.6. The van der Waals surface area contributed by atoms with Crippen molar-refractivity contribution < 1.29 is 4.74 Å². The number of ether oxygens (including phenoxy) is 1. The van der Waals surface area contributed by atoms with Crippen LogP contribution in [0.3, 0.4) is 0 Å². The Labute approximate surface area is 90.3 Å². The number of rotatable bonds is 4. The van der Waals surface area contributed by atoms with E-state index in [1.807, 2.05) is 19.1 Å². The van der Waals surface area contributed by atoms with E-state index < -0.39 is 0 Å². The molecule has 0 N–H and O–H groups in total. The Bertz CT molecular complexity index is 299. The highest BCUT2D eigenvalue weighted by Crippen LogP contribution is 2.19. The van der Waals surface area contributed by atoms with E-state index in [2.05, 4.69) is 18.8 Å². The SMILES string of the molecule is Cc1ccc(OCC(C)C)c(CCl)n1. The van der Waals surface area contributed by atoms with Crippen LogP contribution in [-0.2, 0) is 5.88 Å². The quantitative estimate of drug-likeness (QED) is 0.717. The molecule has 0 atom stereocenters. The van der Waals surface area contributed by atoms with Gasteiger partial charge >= 0.3 is 0 Å². The average Bonchev–Trinajstić information content (AvgIpc) is 2.15. The van der Waals surface area contributed by atoms with Crippen molar-refractivity contribution in [3.05, 3.63) is 23.5 Å². The summed E-state index contributed by atoms with van der Waals surface area (Å²) < 4.78 is 5.60. The monoisotopic (exact) mass is 213 g/mol. The predicted molar refractivity (Wildman–Crippen MR) is 58.9 cm³/mol. The zero-order valence-corrected chi connectivity index (χ0v) is 9.64. The van der Waals surface area contributed by atoms with Crippen LogP contribution in [0.25, 0.3) is 0 Å². The van der Waals surface area contributed by atoms with E-state index in [0.29, 0.717) is 18.4 Å². The van der Waals surface area contributed by atoms with Gasteiger partial charge in [0.05, 0.1) is 18.2 Å². The number of hydrogen-bond acceptors (Lipinski definition) is 2. The Morgan fingerprint density at radius 3 is 2.71 bits per heavy atom. The maximum Gasteiger partial charge on any atom is 0.142 e. The molecule has 2 nitrogen and oxygen atoms in total. The third kappa shape index (κ3) is 3.18. The van der Waals surface area contributed by atoms with Crippen molar-refractivity contribution in [2.75, 3.05) is 6.61 Å². The summed E-state index contributed by atoms with van der Waals surface area (Å²) in [6.45, 7) is 6.88. The standard InChI is InChI=1S/C11H16ClNO/c1-8(2)7-14-11-5-4-9(3)13-10(11)6-12/h4-5,8H,6-7H2,1-3H3. The topological polar surface area (TPSA) is 22.1 Å². The van der Waals surface area contributed by atoms with Crippen molar-refractivity contribution in [3.8, 4) is 5.75 Å². The number of hydrogen-bond donors (Lipinski definition) is 0. The van der Waals surface area contributed by atoms with Gasteiger partial charge in [-0.3, -0.25) is 4.98 Å². The summed E-state index contributed by atoms with van der Waals surface area (Å²) in [5.74, 6) is 1.72. The van der Waals surface area contributed by atoms with Crippen LogP contribution in [0, 0.1) is 12.8 Å². The third-order valence-electron chi connectivity index (χ3n) is 1.77. The van der Waals surface area contributed by atoms with Gasteiger partial charge in [0, 0.05) is 5.69 Å². The minimum atomic E-state index is 0.398. The highest BCUT2D eigenvalue weighted by atomic mass is 35.5. The molecule has 0 aliphatic heterocycles. The average molecular weight is 214 g/mol. The van der Waals surface area contributed by atoms with Crippen molar-refractivity contribution >= 4 is 11.6 Å². The second-order valence-electron chi connectivity index (χ2n) is 3.74. The summed E-state index contributed by atoms with van der Waals surface area (Å²) in [4.78, 5) is 4.31. The Kier molecular flexibility index (Phi) is 4.21. The summed E-state index contributed by atoms with van der Waals surface area (Å²) >= 11 is 5.78. The molecule has 0 bridgehead atoms.